The fraction of sp³-hybridized carbons (Fsp3) is 0.588. The van der Waals surface area contributed by atoms with Gasteiger partial charge in [-0.05, 0) is 43.8 Å². The van der Waals surface area contributed by atoms with Crippen molar-refractivity contribution in [2.75, 3.05) is 25.1 Å². The molecule has 1 amide bonds. The number of piperidine rings is 1. The minimum Gasteiger partial charge on any atom is -0.348 e. The summed E-state index contributed by atoms with van der Waals surface area (Å²) in [6, 6.07) is 9.63. The number of hydrogen-bond donors (Lipinski definition) is 2. The van der Waals surface area contributed by atoms with E-state index in [9.17, 15) is 9.00 Å². The van der Waals surface area contributed by atoms with Crippen LogP contribution < -0.4 is 10.6 Å². The highest BCUT2D eigenvalue weighted by atomic mass is 35.5. The molecule has 0 spiro atoms. The number of benzene rings is 1. The molecule has 0 saturated carbocycles. The molecule has 1 aromatic rings. The van der Waals surface area contributed by atoms with Gasteiger partial charge < -0.3 is 10.6 Å². The molecule has 2 N–H and O–H groups in total. The molecule has 2 atom stereocenters. The lowest BCUT2D eigenvalue weighted by molar-refractivity contribution is -0.122. The molecule has 0 aromatic heterocycles. The number of nitrogens with one attached hydrogen (secondary N) is 2. The number of carbonyl (C=O) groups excluding carboxylic acids is 1. The van der Waals surface area contributed by atoms with Crippen molar-refractivity contribution in [2.45, 2.75) is 31.7 Å². The molecule has 1 aliphatic rings. The third-order valence-corrected chi connectivity index (χ3v) is 4.98. The second-order valence-electron chi connectivity index (χ2n) is 6.00. The Kier molecular flexibility index (Phi) is 9.44. The Hall–Kier alpha value is -0.910. The number of halogens is 1. The smallest absolute Gasteiger partial charge is 0.220 e. The first kappa shape index (κ1) is 20.1. The van der Waals surface area contributed by atoms with E-state index < -0.39 is 10.8 Å². The number of hydrogen-bond acceptors (Lipinski definition) is 3. The average Bonchev–Trinajstić information content (AvgIpc) is 2.54. The third kappa shape index (κ3) is 7.46. The molecule has 1 aromatic carbocycles. The van der Waals surface area contributed by atoms with Crippen molar-refractivity contribution in [3.63, 3.8) is 0 Å². The maximum atomic E-state index is 12.2. The predicted octanol–water partition coefficient (Wildman–Crippen LogP) is 2.42. The van der Waals surface area contributed by atoms with E-state index in [0.29, 0.717) is 18.1 Å². The molecule has 2 rings (SSSR count). The molecule has 130 valence electrons. The van der Waals surface area contributed by atoms with Gasteiger partial charge in [0.05, 0.1) is 6.04 Å². The van der Waals surface area contributed by atoms with E-state index in [0.717, 1.165) is 37.9 Å². The third-order valence-electron chi connectivity index (χ3n) is 4.18. The zero-order valence-corrected chi connectivity index (χ0v) is 15.3. The van der Waals surface area contributed by atoms with Crippen LogP contribution in [0.1, 0.15) is 37.3 Å². The van der Waals surface area contributed by atoms with E-state index in [4.69, 9.17) is 0 Å². The van der Waals surface area contributed by atoms with Crippen LogP contribution in [0.3, 0.4) is 0 Å². The molecule has 1 aliphatic heterocycles. The van der Waals surface area contributed by atoms with Crippen molar-refractivity contribution in [2.24, 2.45) is 5.92 Å². The van der Waals surface area contributed by atoms with E-state index in [1.807, 2.05) is 30.3 Å². The van der Waals surface area contributed by atoms with Crippen LogP contribution in [0.4, 0.5) is 0 Å². The average molecular weight is 359 g/mol. The molecule has 6 heteroatoms. The van der Waals surface area contributed by atoms with Crippen molar-refractivity contribution in [1.29, 1.82) is 0 Å². The Morgan fingerprint density at radius 2 is 1.96 bits per heavy atom. The van der Waals surface area contributed by atoms with Gasteiger partial charge >= 0.3 is 0 Å². The molecule has 1 fully saturated rings. The van der Waals surface area contributed by atoms with Gasteiger partial charge in [-0.25, -0.2) is 0 Å². The molecule has 23 heavy (non-hydrogen) atoms. The van der Waals surface area contributed by atoms with Crippen molar-refractivity contribution in [3.05, 3.63) is 35.9 Å². The van der Waals surface area contributed by atoms with E-state index >= 15 is 0 Å². The first-order valence-corrected chi connectivity index (χ1v) is 9.73. The molecule has 0 radical (unpaired) electrons. The van der Waals surface area contributed by atoms with Crippen molar-refractivity contribution in [1.82, 2.24) is 10.6 Å². The van der Waals surface area contributed by atoms with Gasteiger partial charge in [0.1, 0.15) is 0 Å². The molecule has 1 saturated heterocycles. The molecular weight excluding hydrogens is 332 g/mol. The van der Waals surface area contributed by atoms with Gasteiger partial charge in [0.2, 0.25) is 5.91 Å². The van der Waals surface area contributed by atoms with Gasteiger partial charge in [0.25, 0.3) is 0 Å². The lowest BCUT2D eigenvalue weighted by Gasteiger charge is -2.23. The number of rotatable bonds is 7. The second kappa shape index (κ2) is 10.8. The Morgan fingerprint density at radius 1 is 1.30 bits per heavy atom. The standard InChI is InChI=1S/C17H26N2O2S.ClH/c1-22(21)13-16(15-5-3-2-4-6-15)19-17(20)8-7-14-9-11-18-12-10-14;/h2-6,14,16,18H,7-13H2,1H3,(H,19,20);1H. The highest BCUT2D eigenvalue weighted by Gasteiger charge is 2.18. The maximum Gasteiger partial charge on any atom is 0.220 e. The highest BCUT2D eigenvalue weighted by molar-refractivity contribution is 7.84. The first-order chi connectivity index (χ1) is 10.6. The second-order valence-corrected chi connectivity index (χ2v) is 7.48. The lowest BCUT2D eigenvalue weighted by Crippen LogP contribution is -2.33. The summed E-state index contributed by atoms with van der Waals surface area (Å²) in [4.78, 5) is 12.2. The van der Waals surface area contributed by atoms with Gasteiger partial charge in [-0.15, -0.1) is 12.4 Å². The van der Waals surface area contributed by atoms with Crippen LogP contribution in [-0.2, 0) is 15.6 Å². The Bertz CT molecular complexity index is 493. The minimum absolute atomic E-state index is 0. The van der Waals surface area contributed by atoms with Crippen molar-refractivity contribution < 1.29 is 9.00 Å². The molecular formula is C17H27ClN2O2S. The summed E-state index contributed by atoms with van der Waals surface area (Å²) in [5.74, 6) is 1.18. The zero-order valence-electron chi connectivity index (χ0n) is 13.6. The van der Waals surface area contributed by atoms with Gasteiger partial charge in [0.15, 0.2) is 0 Å². The summed E-state index contributed by atoms with van der Waals surface area (Å²) in [6.45, 7) is 2.13. The molecule has 0 bridgehead atoms. The summed E-state index contributed by atoms with van der Waals surface area (Å²) < 4.78 is 11.6. The van der Waals surface area contributed by atoms with Crippen LogP contribution in [0.25, 0.3) is 0 Å². The quantitative estimate of drug-likeness (QED) is 0.787. The molecule has 4 nitrogen and oxygen atoms in total. The molecule has 2 unspecified atom stereocenters. The summed E-state index contributed by atoms with van der Waals surface area (Å²) in [7, 11) is -0.944. The minimum atomic E-state index is -0.944. The fourth-order valence-corrected chi connectivity index (χ4v) is 3.66. The maximum absolute atomic E-state index is 12.2. The Morgan fingerprint density at radius 3 is 2.57 bits per heavy atom. The fourth-order valence-electron chi connectivity index (χ4n) is 2.91. The van der Waals surface area contributed by atoms with Crippen molar-refractivity contribution >= 4 is 29.1 Å². The SMILES string of the molecule is CS(=O)CC(NC(=O)CCC1CCNCC1)c1ccccc1.Cl. The Labute approximate surface area is 147 Å². The van der Waals surface area contributed by atoms with Gasteiger partial charge in [-0.2, -0.15) is 0 Å². The largest absolute Gasteiger partial charge is 0.348 e. The molecule has 1 heterocycles. The first-order valence-electron chi connectivity index (χ1n) is 8.00. The van der Waals surface area contributed by atoms with Crippen LogP contribution in [0.2, 0.25) is 0 Å². The summed E-state index contributed by atoms with van der Waals surface area (Å²) in [5.41, 5.74) is 1.02. The van der Waals surface area contributed by atoms with Crippen LogP contribution in [0.15, 0.2) is 30.3 Å². The van der Waals surface area contributed by atoms with Gasteiger partial charge in [0, 0.05) is 29.2 Å². The summed E-state index contributed by atoms with van der Waals surface area (Å²) in [6.07, 6.45) is 5.51. The summed E-state index contributed by atoms with van der Waals surface area (Å²) in [5, 5.41) is 6.40. The lowest BCUT2D eigenvalue weighted by atomic mass is 9.93. The van der Waals surface area contributed by atoms with Gasteiger partial charge in [-0.3, -0.25) is 9.00 Å². The van der Waals surface area contributed by atoms with Crippen LogP contribution >= 0.6 is 12.4 Å². The van der Waals surface area contributed by atoms with Crippen LogP contribution in [0.5, 0.6) is 0 Å². The number of amides is 1. The van der Waals surface area contributed by atoms with Gasteiger partial charge in [-0.1, -0.05) is 30.3 Å². The predicted molar refractivity (Wildman–Crippen MR) is 98.3 cm³/mol. The molecule has 0 aliphatic carbocycles. The Balaban J connectivity index is 0.00000264. The zero-order chi connectivity index (χ0) is 15.8. The number of carbonyl (C=O) groups is 1. The van der Waals surface area contributed by atoms with E-state index in [2.05, 4.69) is 10.6 Å². The van der Waals surface area contributed by atoms with E-state index in [1.165, 1.54) is 0 Å². The van der Waals surface area contributed by atoms with E-state index in [-0.39, 0.29) is 24.4 Å². The summed E-state index contributed by atoms with van der Waals surface area (Å²) >= 11 is 0. The van der Waals surface area contributed by atoms with Crippen LogP contribution in [0, 0.1) is 5.92 Å². The monoisotopic (exact) mass is 358 g/mol. The topological polar surface area (TPSA) is 58.2 Å². The van der Waals surface area contributed by atoms with Crippen molar-refractivity contribution in [3.8, 4) is 0 Å². The van der Waals surface area contributed by atoms with Crippen LogP contribution in [-0.4, -0.2) is 35.2 Å². The normalized spacial score (nSPS) is 17.8. The highest BCUT2D eigenvalue weighted by Crippen LogP contribution is 2.19. The van der Waals surface area contributed by atoms with E-state index in [1.54, 1.807) is 6.26 Å².